The number of rotatable bonds is 6. The minimum atomic E-state index is -0.378. The molecule has 1 amide bonds. The minimum Gasteiger partial charge on any atom is -0.497 e. The van der Waals surface area contributed by atoms with Crippen LogP contribution in [0.25, 0.3) is 16.6 Å². The van der Waals surface area contributed by atoms with Gasteiger partial charge in [-0.1, -0.05) is 23.9 Å². The first-order valence-electron chi connectivity index (χ1n) is 9.39. The number of halogens is 1. The number of carbonyl (C=O) groups excluding carboxylic acids is 1. The number of carbonyl (C=O) groups is 1. The molecule has 0 saturated carbocycles. The van der Waals surface area contributed by atoms with E-state index < -0.39 is 0 Å². The average Bonchev–Trinajstić information content (AvgIpc) is 2.79. The lowest BCUT2D eigenvalue weighted by atomic mass is 10.2. The van der Waals surface area contributed by atoms with Crippen molar-refractivity contribution in [3.63, 3.8) is 0 Å². The average molecular weight is 435 g/mol. The molecule has 1 N–H and O–H groups in total. The summed E-state index contributed by atoms with van der Waals surface area (Å²) in [7, 11) is 1.57. The van der Waals surface area contributed by atoms with Gasteiger partial charge in [0.15, 0.2) is 5.16 Å². The Balaban J connectivity index is 1.66. The van der Waals surface area contributed by atoms with Crippen molar-refractivity contribution in [3.8, 4) is 11.4 Å². The predicted octanol–water partition coefficient (Wildman–Crippen LogP) is 4.26. The van der Waals surface area contributed by atoms with Crippen LogP contribution < -0.4 is 15.6 Å². The molecule has 1 heterocycles. The molecule has 156 valence electrons. The highest BCUT2D eigenvalue weighted by Gasteiger charge is 2.15. The van der Waals surface area contributed by atoms with Crippen LogP contribution in [0.1, 0.15) is 0 Å². The summed E-state index contributed by atoms with van der Waals surface area (Å²) in [5.74, 6) is 0.0214. The van der Waals surface area contributed by atoms with E-state index >= 15 is 0 Å². The highest BCUT2D eigenvalue weighted by atomic mass is 32.2. The van der Waals surface area contributed by atoms with E-state index in [1.807, 2.05) is 6.07 Å². The maximum Gasteiger partial charge on any atom is 0.266 e. The molecule has 31 heavy (non-hydrogen) atoms. The van der Waals surface area contributed by atoms with E-state index in [0.29, 0.717) is 33.2 Å². The molecular formula is C23H18FN3O3S. The van der Waals surface area contributed by atoms with E-state index in [0.717, 1.165) is 11.8 Å². The Morgan fingerprint density at radius 3 is 2.48 bits per heavy atom. The number of benzene rings is 3. The first-order chi connectivity index (χ1) is 15.0. The fourth-order valence-electron chi connectivity index (χ4n) is 3.03. The molecule has 0 fully saturated rings. The molecule has 8 heteroatoms. The van der Waals surface area contributed by atoms with Crippen molar-refractivity contribution < 1.29 is 13.9 Å². The quantitative estimate of drug-likeness (QED) is 0.362. The number of hydrogen-bond acceptors (Lipinski definition) is 5. The van der Waals surface area contributed by atoms with Crippen LogP contribution in [0.4, 0.5) is 10.1 Å². The Morgan fingerprint density at radius 2 is 1.77 bits per heavy atom. The molecule has 0 radical (unpaired) electrons. The number of nitrogens with zero attached hydrogens (tertiary/aromatic N) is 2. The third-order valence-electron chi connectivity index (χ3n) is 4.54. The number of hydrogen-bond donors (Lipinski definition) is 1. The molecule has 0 bridgehead atoms. The van der Waals surface area contributed by atoms with Gasteiger partial charge in [0.2, 0.25) is 5.91 Å². The van der Waals surface area contributed by atoms with Crippen molar-refractivity contribution in [2.45, 2.75) is 5.16 Å². The Hall–Kier alpha value is -3.65. The van der Waals surface area contributed by atoms with Gasteiger partial charge in [0.25, 0.3) is 5.56 Å². The molecule has 3 aromatic carbocycles. The van der Waals surface area contributed by atoms with Crippen LogP contribution in [0.15, 0.2) is 82.7 Å². The molecule has 4 aromatic rings. The Morgan fingerprint density at radius 1 is 1.06 bits per heavy atom. The highest BCUT2D eigenvalue weighted by molar-refractivity contribution is 7.99. The summed E-state index contributed by atoms with van der Waals surface area (Å²) in [4.78, 5) is 30.2. The number of amides is 1. The number of ether oxygens (including phenoxy) is 1. The van der Waals surface area contributed by atoms with Gasteiger partial charge in [-0.15, -0.1) is 0 Å². The van der Waals surface area contributed by atoms with E-state index in [2.05, 4.69) is 10.3 Å². The lowest BCUT2D eigenvalue weighted by Gasteiger charge is -2.13. The first kappa shape index (κ1) is 20.6. The summed E-state index contributed by atoms with van der Waals surface area (Å²) in [6.45, 7) is 0. The Bertz CT molecular complexity index is 1290. The van der Waals surface area contributed by atoms with Gasteiger partial charge in [0.1, 0.15) is 11.6 Å². The fourth-order valence-corrected chi connectivity index (χ4v) is 3.84. The summed E-state index contributed by atoms with van der Waals surface area (Å²) in [5, 5.41) is 3.58. The van der Waals surface area contributed by atoms with Crippen LogP contribution in [-0.2, 0) is 4.79 Å². The van der Waals surface area contributed by atoms with Gasteiger partial charge in [-0.05, 0) is 60.7 Å². The van der Waals surface area contributed by atoms with Crippen molar-refractivity contribution in [1.29, 1.82) is 0 Å². The lowest BCUT2D eigenvalue weighted by molar-refractivity contribution is -0.113. The van der Waals surface area contributed by atoms with Gasteiger partial charge in [0.05, 0.1) is 29.5 Å². The Kier molecular flexibility index (Phi) is 5.99. The highest BCUT2D eigenvalue weighted by Crippen LogP contribution is 2.23. The van der Waals surface area contributed by atoms with Crippen LogP contribution in [0.3, 0.4) is 0 Å². The van der Waals surface area contributed by atoms with E-state index in [1.54, 1.807) is 49.6 Å². The second-order valence-corrected chi connectivity index (χ2v) is 7.54. The third-order valence-corrected chi connectivity index (χ3v) is 5.47. The summed E-state index contributed by atoms with van der Waals surface area (Å²) < 4.78 is 19.7. The van der Waals surface area contributed by atoms with Crippen molar-refractivity contribution in [2.75, 3.05) is 18.2 Å². The zero-order chi connectivity index (χ0) is 21.8. The van der Waals surface area contributed by atoms with Crippen LogP contribution in [0, 0.1) is 5.82 Å². The number of methoxy groups -OCH3 is 1. The normalized spacial score (nSPS) is 10.8. The number of anilines is 1. The Labute approximate surface area is 181 Å². The number of para-hydroxylation sites is 1. The maximum atomic E-state index is 13.2. The molecule has 0 aliphatic carbocycles. The second-order valence-electron chi connectivity index (χ2n) is 6.59. The lowest BCUT2D eigenvalue weighted by Crippen LogP contribution is -2.23. The zero-order valence-corrected chi connectivity index (χ0v) is 17.4. The van der Waals surface area contributed by atoms with Gasteiger partial charge >= 0.3 is 0 Å². The topological polar surface area (TPSA) is 73.2 Å². The molecule has 4 rings (SSSR count). The van der Waals surface area contributed by atoms with Crippen LogP contribution in [0.5, 0.6) is 5.75 Å². The number of fused-ring (bicyclic) bond motifs is 1. The molecular weight excluding hydrogens is 417 g/mol. The molecule has 0 spiro atoms. The number of nitrogens with one attached hydrogen (secondary N) is 1. The van der Waals surface area contributed by atoms with Crippen molar-refractivity contribution >= 4 is 34.3 Å². The third kappa shape index (κ3) is 4.59. The second kappa shape index (κ2) is 9.01. The molecule has 0 unspecified atom stereocenters. The molecule has 6 nitrogen and oxygen atoms in total. The molecule has 0 saturated heterocycles. The zero-order valence-electron chi connectivity index (χ0n) is 16.5. The largest absolute Gasteiger partial charge is 0.497 e. The van der Waals surface area contributed by atoms with Gasteiger partial charge in [-0.3, -0.25) is 14.2 Å². The van der Waals surface area contributed by atoms with Crippen molar-refractivity contribution in [1.82, 2.24) is 9.55 Å². The smallest absolute Gasteiger partial charge is 0.266 e. The van der Waals surface area contributed by atoms with Crippen molar-refractivity contribution in [2.24, 2.45) is 0 Å². The summed E-state index contributed by atoms with van der Waals surface area (Å²) in [5.41, 5.74) is 1.44. The molecule has 1 aromatic heterocycles. The van der Waals surface area contributed by atoms with Gasteiger partial charge < -0.3 is 10.1 Å². The predicted molar refractivity (Wildman–Crippen MR) is 120 cm³/mol. The van der Waals surface area contributed by atoms with Crippen LogP contribution >= 0.6 is 11.8 Å². The van der Waals surface area contributed by atoms with Crippen molar-refractivity contribution in [3.05, 3.63) is 89.0 Å². The minimum absolute atomic E-state index is 0.0261. The van der Waals surface area contributed by atoms with Crippen LogP contribution in [-0.4, -0.2) is 28.3 Å². The summed E-state index contributed by atoms with van der Waals surface area (Å²) in [6, 6.07) is 19.6. The summed E-state index contributed by atoms with van der Waals surface area (Å²) in [6.07, 6.45) is 0. The monoisotopic (exact) mass is 435 g/mol. The van der Waals surface area contributed by atoms with Crippen LogP contribution in [0.2, 0.25) is 0 Å². The van der Waals surface area contributed by atoms with Gasteiger partial charge in [-0.25, -0.2) is 9.37 Å². The van der Waals surface area contributed by atoms with Gasteiger partial charge in [0, 0.05) is 5.69 Å². The number of thioether (sulfide) groups is 1. The van der Waals surface area contributed by atoms with E-state index in [1.165, 1.54) is 28.8 Å². The maximum absolute atomic E-state index is 13.2. The first-order valence-corrected chi connectivity index (χ1v) is 10.4. The van der Waals surface area contributed by atoms with Gasteiger partial charge in [-0.2, -0.15) is 0 Å². The van der Waals surface area contributed by atoms with E-state index in [9.17, 15) is 14.0 Å². The van der Waals surface area contributed by atoms with E-state index in [-0.39, 0.29) is 23.0 Å². The summed E-state index contributed by atoms with van der Waals surface area (Å²) >= 11 is 1.15. The molecule has 0 aliphatic heterocycles. The SMILES string of the molecule is COc1ccc(-n2c(SCC(=O)Nc3ccc(F)cc3)nc3ccccc3c2=O)cc1. The van der Waals surface area contributed by atoms with E-state index in [4.69, 9.17) is 4.74 Å². The molecule has 0 aliphatic rings. The fraction of sp³-hybridized carbons (Fsp3) is 0.0870. The molecule has 0 atom stereocenters. The number of aromatic nitrogens is 2. The standard InChI is InChI=1S/C23H18FN3O3S/c1-30-18-12-10-17(11-13-18)27-22(29)19-4-2-3-5-20(19)26-23(27)31-14-21(28)25-16-8-6-15(24)7-9-16/h2-13H,14H2,1H3,(H,25,28).